The summed E-state index contributed by atoms with van der Waals surface area (Å²) in [5.74, 6) is 1.89. The highest BCUT2D eigenvalue weighted by Crippen LogP contribution is 2.30. The molecule has 43 heavy (non-hydrogen) atoms. The molecule has 4 rings (SSSR count). The highest BCUT2D eigenvalue weighted by atomic mass is 16.5. The number of nitrogens with two attached hydrogens (primary N) is 1. The standard InChI is InChI=1S/C34H44N2O7/c1-38-17-5-20-42-32-21-25(9-14-30(32)34(35)37)23-43-33-22-36-16-15-29(33)26-10-12-28(13-11-26)41-19-6-18-40-24-27-7-3-4-8-31(27)39-2/h3-4,7-14,21,29,33,36H,5-6,15-20,22-24H2,1-2H3,(H2,35,37). The predicted molar refractivity (Wildman–Crippen MR) is 165 cm³/mol. The minimum Gasteiger partial charge on any atom is -0.496 e. The summed E-state index contributed by atoms with van der Waals surface area (Å²) in [5, 5.41) is 3.45. The van der Waals surface area contributed by atoms with Crippen LogP contribution in [0.2, 0.25) is 0 Å². The Balaban J connectivity index is 1.25. The lowest BCUT2D eigenvalue weighted by Crippen LogP contribution is -2.40. The predicted octanol–water partition coefficient (Wildman–Crippen LogP) is 4.86. The molecule has 3 N–H and O–H groups in total. The largest absolute Gasteiger partial charge is 0.496 e. The Morgan fingerprint density at radius 3 is 2.47 bits per heavy atom. The maximum Gasteiger partial charge on any atom is 0.252 e. The molecule has 1 heterocycles. The van der Waals surface area contributed by atoms with Crippen LogP contribution in [0.5, 0.6) is 17.2 Å². The molecule has 1 fully saturated rings. The number of piperidine rings is 1. The zero-order valence-electron chi connectivity index (χ0n) is 25.2. The van der Waals surface area contributed by atoms with Crippen LogP contribution in [-0.2, 0) is 27.4 Å². The van der Waals surface area contributed by atoms with E-state index in [1.54, 1.807) is 20.3 Å². The van der Waals surface area contributed by atoms with Crippen molar-refractivity contribution in [2.24, 2.45) is 5.73 Å². The van der Waals surface area contributed by atoms with E-state index in [0.717, 1.165) is 48.6 Å². The van der Waals surface area contributed by atoms with E-state index in [2.05, 4.69) is 17.4 Å². The van der Waals surface area contributed by atoms with Gasteiger partial charge in [0.05, 0.1) is 51.8 Å². The molecule has 0 radical (unpaired) electrons. The molecule has 1 aliphatic rings. The molecule has 0 saturated carbocycles. The molecule has 0 spiro atoms. The molecular weight excluding hydrogens is 548 g/mol. The van der Waals surface area contributed by atoms with Gasteiger partial charge in [-0.15, -0.1) is 0 Å². The smallest absolute Gasteiger partial charge is 0.252 e. The number of ether oxygens (including phenoxy) is 6. The van der Waals surface area contributed by atoms with Crippen molar-refractivity contribution in [1.82, 2.24) is 5.32 Å². The maximum absolute atomic E-state index is 11.9. The molecule has 0 aliphatic carbocycles. The van der Waals surface area contributed by atoms with E-state index >= 15 is 0 Å². The van der Waals surface area contributed by atoms with Crippen molar-refractivity contribution < 1.29 is 33.2 Å². The van der Waals surface area contributed by atoms with Crippen LogP contribution >= 0.6 is 0 Å². The fourth-order valence-electron chi connectivity index (χ4n) is 5.12. The first-order valence-electron chi connectivity index (χ1n) is 14.9. The first-order valence-corrected chi connectivity index (χ1v) is 14.9. The monoisotopic (exact) mass is 592 g/mol. The first-order chi connectivity index (χ1) is 21.1. The lowest BCUT2D eigenvalue weighted by molar-refractivity contribution is 0.0105. The molecule has 9 heteroatoms. The summed E-state index contributed by atoms with van der Waals surface area (Å²) in [6.45, 7) is 4.82. The molecule has 3 aromatic rings. The van der Waals surface area contributed by atoms with Crippen LogP contribution in [0.25, 0.3) is 0 Å². The Morgan fingerprint density at radius 1 is 0.884 bits per heavy atom. The summed E-state index contributed by atoms with van der Waals surface area (Å²) in [6.07, 6.45) is 2.49. The highest BCUT2D eigenvalue weighted by molar-refractivity contribution is 5.95. The van der Waals surface area contributed by atoms with Crippen molar-refractivity contribution in [3.8, 4) is 17.2 Å². The van der Waals surface area contributed by atoms with Crippen LogP contribution in [-0.4, -0.2) is 65.7 Å². The van der Waals surface area contributed by atoms with Crippen molar-refractivity contribution in [1.29, 1.82) is 0 Å². The second-order valence-electron chi connectivity index (χ2n) is 10.5. The molecule has 0 bridgehead atoms. The Kier molecular flexibility index (Phi) is 13.1. The van der Waals surface area contributed by atoms with Crippen LogP contribution in [0.4, 0.5) is 0 Å². The van der Waals surface area contributed by atoms with Gasteiger partial charge < -0.3 is 39.5 Å². The maximum atomic E-state index is 11.9. The van der Waals surface area contributed by atoms with Gasteiger partial charge in [-0.05, 0) is 54.4 Å². The summed E-state index contributed by atoms with van der Waals surface area (Å²) in [5.41, 5.74) is 9.10. The Morgan fingerprint density at radius 2 is 1.67 bits per heavy atom. The average Bonchev–Trinajstić information content (AvgIpc) is 3.04. The number of hydrogen-bond donors (Lipinski definition) is 2. The number of rotatable bonds is 18. The summed E-state index contributed by atoms with van der Waals surface area (Å²) < 4.78 is 34.4. The van der Waals surface area contributed by atoms with Crippen molar-refractivity contribution in [2.75, 3.05) is 53.7 Å². The minimum atomic E-state index is -0.518. The molecule has 0 aromatic heterocycles. The summed E-state index contributed by atoms with van der Waals surface area (Å²) in [6, 6.07) is 21.6. The number of benzene rings is 3. The number of primary amides is 1. The Bertz CT molecular complexity index is 1270. The topological polar surface area (TPSA) is 110 Å². The lowest BCUT2D eigenvalue weighted by Gasteiger charge is -2.32. The summed E-state index contributed by atoms with van der Waals surface area (Å²) in [7, 11) is 3.31. The van der Waals surface area contributed by atoms with Crippen molar-refractivity contribution in [2.45, 2.75) is 44.5 Å². The van der Waals surface area contributed by atoms with Gasteiger partial charge in [-0.3, -0.25) is 4.79 Å². The normalized spacial score (nSPS) is 16.5. The number of para-hydroxylation sites is 1. The number of hydrogen-bond acceptors (Lipinski definition) is 8. The van der Waals surface area contributed by atoms with Crippen LogP contribution in [0, 0.1) is 0 Å². The molecule has 2 unspecified atom stereocenters. The second-order valence-corrected chi connectivity index (χ2v) is 10.5. The van der Waals surface area contributed by atoms with Crippen LogP contribution in [0.1, 0.15) is 52.2 Å². The Hall–Kier alpha value is -3.63. The van der Waals surface area contributed by atoms with Crippen LogP contribution in [0.3, 0.4) is 0 Å². The third-order valence-corrected chi connectivity index (χ3v) is 7.41. The van der Waals surface area contributed by atoms with Gasteiger partial charge in [-0.25, -0.2) is 0 Å². The van der Waals surface area contributed by atoms with E-state index < -0.39 is 5.91 Å². The van der Waals surface area contributed by atoms with E-state index in [1.165, 1.54) is 5.56 Å². The second kappa shape index (κ2) is 17.5. The van der Waals surface area contributed by atoms with E-state index in [0.29, 0.717) is 57.4 Å². The average molecular weight is 593 g/mol. The van der Waals surface area contributed by atoms with Gasteiger partial charge in [0.15, 0.2) is 0 Å². The first kappa shape index (κ1) is 32.3. The number of methoxy groups -OCH3 is 2. The molecule has 9 nitrogen and oxygen atoms in total. The van der Waals surface area contributed by atoms with Gasteiger partial charge in [-0.1, -0.05) is 36.4 Å². The van der Waals surface area contributed by atoms with Gasteiger partial charge in [-0.2, -0.15) is 0 Å². The lowest BCUT2D eigenvalue weighted by atomic mass is 9.87. The minimum absolute atomic E-state index is 0.00259. The number of carbonyl (C=O) groups is 1. The quantitative estimate of drug-likeness (QED) is 0.202. The van der Waals surface area contributed by atoms with Crippen LogP contribution < -0.4 is 25.3 Å². The SMILES string of the molecule is COCCCOc1cc(COC2CNCCC2c2ccc(OCCCOCc3ccccc3OC)cc2)ccc1C(N)=O. The third kappa shape index (κ3) is 9.96. The van der Waals surface area contributed by atoms with Crippen molar-refractivity contribution in [3.05, 3.63) is 89.0 Å². The molecule has 3 aromatic carbocycles. The fourth-order valence-corrected chi connectivity index (χ4v) is 5.12. The zero-order valence-corrected chi connectivity index (χ0v) is 25.2. The van der Waals surface area contributed by atoms with Gasteiger partial charge in [0.1, 0.15) is 17.2 Å². The van der Waals surface area contributed by atoms with Gasteiger partial charge in [0.25, 0.3) is 5.91 Å². The fraction of sp³-hybridized carbons (Fsp3) is 0.441. The molecule has 1 amide bonds. The zero-order chi connectivity index (χ0) is 30.3. The highest BCUT2D eigenvalue weighted by Gasteiger charge is 2.27. The third-order valence-electron chi connectivity index (χ3n) is 7.41. The number of amides is 1. The number of nitrogens with one attached hydrogen (secondary N) is 1. The summed E-state index contributed by atoms with van der Waals surface area (Å²) >= 11 is 0. The van der Waals surface area contributed by atoms with Gasteiger partial charge in [0, 0.05) is 44.6 Å². The molecule has 1 saturated heterocycles. The summed E-state index contributed by atoms with van der Waals surface area (Å²) in [4.78, 5) is 11.9. The van der Waals surface area contributed by atoms with Gasteiger partial charge >= 0.3 is 0 Å². The van der Waals surface area contributed by atoms with E-state index in [1.807, 2.05) is 48.5 Å². The molecular formula is C34H44N2O7. The molecule has 232 valence electrons. The van der Waals surface area contributed by atoms with Crippen LogP contribution in [0.15, 0.2) is 66.7 Å². The van der Waals surface area contributed by atoms with E-state index in [9.17, 15) is 4.79 Å². The number of carbonyl (C=O) groups excluding carboxylic acids is 1. The van der Waals surface area contributed by atoms with E-state index in [4.69, 9.17) is 34.2 Å². The Labute approximate surface area is 254 Å². The molecule has 2 atom stereocenters. The van der Waals surface area contributed by atoms with E-state index in [-0.39, 0.29) is 12.0 Å². The van der Waals surface area contributed by atoms with Crippen molar-refractivity contribution >= 4 is 5.91 Å². The van der Waals surface area contributed by atoms with Crippen molar-refractivity contribution in [3.63, 3.8) is 0 Å². The van der Waals surface area contributed by atoms with Gasteiger partial charge in [0.2, 0.25) is 0 Å². The molecule has 1 aliphatic heterocycles.